The van der Waals surface area contributed by atoms with Gasteiger partial charge in [-0.1, -0.05) is 54.6 Å². The van der Waals surface area contributed by atoms with Gasteiger partial charge in [0.05, 0.1) is 11.4 Å². The van der Waals surface area contributed by atoms with Crippen molar-refractivity contribution in [3.05, 3.63) is 101 Å². The molecule has 0 aromatic heterocycles. The highest BCUT2D eigenvalue weighted by molar-refractivity contribution is 6.06. The predicted molar refractivity (Wildman–Crippen MR) is 121 cm³/mol. The first kappa shape index (κ1) is 19.6. The lowest BCUT2D eigenvalue weighted by Gasteiger charge is -2.10. The lowest BCUT2D eigenvalue weighted by Crippen LogP contribution is -2.14. The average molecular weight is 396 g/mol. The number of anilines is 2. The highest BCUT2D eigenvalue weighted by Crippen LogP contribution is 2.31. The number of carbonyl (C=O) groups excluding carboxylic acids is 2. The molecule has 150 valence electrons. The number of nitrogen functional groups attached to an aromatic ring is 1. The van der Waals surface area contributed by atoms with Crippen LogP contribution >= 0.6 is 0 Å². The van der Waals surface area contributed by atoms with Crippen LogP contribution in [0.15, 0.2) is 84.4 Å². The number of rotatable bonds is 5. The number of allylic oxidation sites excluding steroid dienone is 1. The van der Waals surface area contributed by atoms with Crippen molar-refractivity contribution < 1.29 is 9.59 Å². The first-order valence-corrected chi connectivity index (χ1v) is 10.1. The summed E-state index contributed by atoms with van der Waals surface area (Å²) in [6, 6.07) is 24.6. The van der Waals surface area contributed by atoms with E-state index in [9.17, 15) is 9.59 Å². The Balaban J connectivity index is 1.39. The van der Waals surface area contributed by atoms with Gasteiger partial charge in [-0.05, 0) is 66.3 Å². The van der Waals surface area contributed by atoms with Crippen LogP contribution in [0.5, 0.6) is 0 Å². The minimum atomic E-state index is -0.204. The second-order valence-corrected chi connectivity index (χ2v) is 7.62. The van der Waals surface area contributed by atoms with Crippen LogP contribution in [-0.2, 0) is 11.2 Å². The van der Waals surface area contributed by atoms with E-state index < -0.39 is 0 Å². The molecule has 0 heterocycles. The Labute approximate surface area is 176 Å². The van der Waals surface area contributed by atoms with E-state index in [1.54, 1.807) is 24.3 Å². The summed E-state index contributed by atoms with van der Waals surface area (Å²) < 4.78 is 0. The topological polar surface area (TPSA) is 72.2 Å². The van der Waals surface area contributed by atoms with Gasteiger partial charge in [-0.2, -0.15) is 0 Å². The monoisotopic (exact) mass is 396 g/mol. The van der Waals surface area contributed by atoms with Crippen LogP contribution < -0.4 is 11.1 Å². The van der Waals surface area contributed by atoms with Gasteiger partial charge in [0.2, 0.25) is 0 Å². The van der Waals surface area contributed by atoms with Crippen molar-refractivity contribution in [1.82, 2.24) is 0 Å². The van der Waals surface area contributed by atoms with Crippen LogP contribution in [-0.4, -0.2) is 11.7 Å². The van der Waals surface area contributed by atoms with Crippen LogP contribution in [0, 0.1) is 5.92 Å². The molecule has 1 fully saturated rings. The standard InChI is InChI=1S/C26H24N2O2/c27-23-8-4-5-9-24(23)28-26(30)20-12-10-19(11-13-20)17-22-15-14-21(25(22)29)16-18-6-2-1-3-7-18/h1-13,16,22H,14-15,17,27H2,(H,28,30). The summed E-state index contributed by atoms with van der Waals surface area (Å²) in [6.07, 6.45) is 4.38. The summed E-state index contributed by atoms with van der Waals surface area (Å²) in [5.74, 6) is 0.0356. The molecule has 4 heteroatoms. The summed E-state index contributed by atoms with van der Waals surface area (Å²) >= 11 is 0. The fourth-order valence-corrected chi connectivity index (χ4v) is 3.82. The zero-order valence-electron chi connectivity index (χ0n) is 16.7. The van der Waals surface area contributed by atoms with Crippen LogP contribution in [0.1, 0.15) is 34.3 Å². The molecule has 0 bridgehead atoms. The number of amides is 1. The Kier molecular flexibility index (Phi) is 5.75. The summed E-state index contributed by atoms with van der Waals surface area (Å²) in [4.78, 5) is 25.2. The maximum Gasteiger partial charge on any atom is 0.255 e. The Hall–Kier alpha value is -3.66. The molecule has 1 unspecified atom stereocenters. The van der Waals surface area contributed by atoms with E-state index in [2.05, 4.69) is 5.32 Å². The van der Waals surface area contributed by atoms with Crippen molar-refractivity contribution in [3.63, 3.8) is 0 Å². The van der Waals surface area contributed by atoms with Crippen molar-refractivity contribution in [2.45, 2.75) is 19.3 Å². The zero-order valence-corrected chi connectivity index (χ0v) is 16.7. The van der Waals surface area contributed by atoms with Gasteiger partial charge >= 0.3 is 0 Å². The van der Waals surface area contributed by atoms with Crippen molar-refractivity contribution in [2.75, 3.05) is 11.1 Å². The van der Waals surface area contributed by atoms with Gasteiger partial charge in [0.15, 0.2) is 5.78 Å². The van der Waals surface area contributed by atoms with Gasteiger partial charge in [0.1, 0.15) is 0 Å². The number of ketones is 1. The molecule has 1 aliphatic carbocycles. The molecule has 3 N–H and O–H groups in total. The summed E-state index contributed by atoms with van der Waals surface area (Å²) in [5, 5.41) is 2.83. The van der Waals surface area contributed by atoms with Gasteiger partial charge in [-0.25, -0.2) is 0 Å². The molecule has 0 radical (unpaired) electrons. The van der Waals surface area contributed by atoms with Gasteiger partial charge in [-0.15, -0.1) is 0 Å². The molecule has 3 aromatic rings. The maximum atomic E-state index is 12.8. The van der Waals surface area contributed by atoms with Crippen molar-refractivity contribution in [2.24, 2.45) is 5.92 Å². The first-order valence-electron chi connectivity index (χ1n) is 10.1. The minimum absolute atomic E-state index is 0.00348. The fraction of sp³-hybridized carbons (Fsp3) is 0.154. The van der Waals surface area contributed by atoms with E-state index >= 15 is 0 Å². The molecule has 4 rings (SSSR count). The third-order valence-electron chi connectivity index (χ3n) is 5.50. The molecule has 3 aromatic carbocycles. The Morgan fingerprint density at radius 1 is 0.967 bits per heavy atom. The van der Waals surface area contributed by atoms with E-state index in [0.29, 0.717) is 23.4 Å². The zero-order chi connectivity index (χ0) is 20.9. The Bertz CT molecular complexity index is 1090. The average Bonchev–Trinajstić information content (AvgIpc) is 3.10. The van der Waals surface area contributed by atoms with Crippen molar-refractivity contribution in [3.8, 4) is 0 Å². The fourth-order valence-electron chi connectivity index (χ4n) is 3.82. The molecule has 1 amide bonds. The number of hydrogen-bond donors (Lipinski definition) is 2. The normalized spacial score (nSPS) is 17.3. The van der Waals surface area contributed by atoms with E-state index in [1.165, 1.54) is 0 Å². The second-order valence-electron chi connectivity index (χ2n) is 7.62. The molecular formula is C26H24N2O2. The van der Waals surface area contributed by atoms with E-state index in [1.807, 2.05) is 60.7 Å². The molecule has 0 aliphatic heterocycles. The van der Waals surface area contributed by atoms with Crippen LogP contribution in [0.25, 0.3) is 6.08 Å². The molecule has 1 aliphatic rings. The second kappa shape index (κ2) is 8.78. The third kappa shape index (κ3) is 4.49. The van der Waals surface area contributed by atoms with Gasteiger partial charge in [0, 0.05) is 11.5 Å². The number of nitrogens with one attached hydrogen (secondary N) is 1. The Morgan fingerprint density at radius 2 is 1.67 bits per heavy atom. The smallest absolute Gasteiger partial charge is 0.255 e. The molecule has 1 atom stereocenters. The van der Waals surface area contributed by atoms with E-state index in [4.69, 9.17) is 5.73 Å². The lowest BCUT2D eigenvalue weighted by atomic mass is 9.95. The number of Topliss-reactive ketones (excluding diaryl/α,β-unsaturated/α-hetero) is 1. The van der Waals surface area contributed by atoms with Crippen LogP contribution in [0.2, 0.25) is 0 Å². The molecule has 4 nitrogen and oxygen atoms in total. The van der Waals surface area contributed by atoms with Crippen molar-refractivity contribution in [1.29, 1.82) is 0 Å². The third-order valence-corrected chi connectivity index (χ3v) is 5.50. The number of carbonyl (C=O) groups is 2. The molecule has 0 spiro atoms. The van der Waals surface area contributed by atoms with E-state index in [0.717, 1.165) is 29.5 Å². The van der Waals surface area contributed by atoms with Crippen LogP contribution in [0.4, 0.5) is 11.4 Å². The number of benzene rings is 3. The van der Waals surface area contributed by atoms with Crippen molar-refractivity contribution >= 4 is 29.1 Å². The largest absolute Gasteiger partial charge is 0.397 e. The number of nitrogens with two attached hydrogens (primary N) is 1. The van der Waals surface area contributed by atoms with E-state index in [-0.39, 0.29) is 17.6 Å². The highest BCUT2D eigenvalue weighted by atomic mass is 16.1. The highest BCUT2D eigenvalue weighted by Gasteiger charge is 2.29. The SMILES string of the molecule is Nc1ccccc1NC(=O)c1ccc(CC2CCC(=Cc3ccccc3)C2=O)cc1. The number of hydrogen-bond acceptors (Lipinski definition) is 3. The molecule has 30 heavy (non-hydrogen) atoms. The Morgan fingerprint density at radius 3 is 2.40 bits per heavy atom. The summed E-state index contributed by atoms with van der Waals surface area (Å²) in [6.45, 7) is 0. The minimum Gasteiger partial charge on any atom is -0.397 e. The first-order chi connectivity index (χ1) is 14.6. The van der Waals surface area contributed by atoms with Gasteiger partial charge in [0.25, 0.3) is 5.91 Å². The molecule has 1 saturated carbocycles. The van der Waals surface area contributed by atoms with Gasteiger partial charge in [-0.3, -0.25) is 9.59 Å². The summed E-state index contributed by atoms with van der Waals surface area (Å²) in [7, 11) is 0. The molecular weight excluding hydrogens is 372 g/mol. The van der Waals surface area contributed by atoms with Gasteiger partial charge < -0.3 is 11.1 Å². The quantitative estimate of drug-likeness (QED) is 0.464. The molecule has 0 saturated heterocycles. The summed E-state index contributed by atoms with van der Waals surface area (Å²) in [5.41, 5.74) is 10.6. The predicted octanol–water partition coefficient (Wildman–Crippen LogP) is 5.13. The lowest BCUT2D eigenvalue weighted by molar-refractivity contribution is -0.117. The number of para-hydroxylation sites is 2. The maximum absolute atomic E-state index is 12.8. The van der Waals surface area contributed by atoms with Crippen LogP contribution in [0.3, 0.4) is 0 Å².